The van der Waals surface area contributed by atoms with E-state index in [4.69, 9.17) is 0 Å². The van der Waals surface area contributed by atoms with Crippen molar-refractivity contribution in [3.05, 3.63) is 82.9 Å². The molecule has 2 nitrogen and oxygen atoms in total. The molecule has 1 fully saturated rings. The average molecular weight is 428 g/mol. The molecule has 2 aliphatic rings. The molecule has 1 heterocycles. The fourth-order valence-corrected chi connectivity index (χ4v) is 5.83. The minimum atomic E-state index is -0.695. The van der Waals surface area contributed by atoms with Gasteiger partial charge in [-0.05, 0) is 97.4 Å². The Morgan fingerprint density at radius 3 is 2.44 bits per heavy atom. The van der Waals surface area contributed by atoms with Gasteiger partial charge in [-0.15, -0.1) is 0 Å². The Bertz CT molecular complexity index is 1040. The molecule has 1 aliphatic heterocycles. The highest BCUT2D eigenvalue weighted by Crippen LogP contribution is 2.37. The molecule has 1 saturated heterocycles. The Kier molecular flexibility index (Phi) is 6.62. The maximum absolute atomic E-state index is 11.5. The third-order valence-corrected chi connectivity index (χ3v) is 7.83. The predicted molar refractivity (Wildman–Crippen MR) is 134 cm³/mol. The van der Waals surface area contributed by atoms with Crippen LogP contribution < -0.4 is 0 Å². The first-order chi connectivity index (χ1) is 15.7. The zero-order chi connectivity index (χ0) is 21.8. The Morgan fingerprint density at radius 1 is 0.781 bits per heavy atom. The summed E-state index contributed by atoms with van der Waals surface area (Å²) in [4.78, 5) is 2.55. The molecule has 0 radical (unpaired) electrons. The summed E-state index contributed by atoms with van der Waals surface area (Å²) < 4.78 is 0. The number of aryl methyl sites for hydroxylation is 3. The number of likely N-dealkylation sites (tertiary alicyclic amines) is 1. The van der Waals surface area contributed by atoms with Gasteiger partial charge in [0.15, 0.2) is 0 Å². The SMILES string of the molecule is OC1(c2cccc3ccccc23)CCN(CCCCc2ccc3c(c2)CCCCC3)CC1. The van der Waals surface area contributed by atoms with Gasteiger partial charge in [0, 0.05) is 13.1 Å². The number of rotatable bonds is 6. The number of nitrogens with zero attached hydrogens (tertiary/aromatic N) is 1. The highest BCUT2D eigenvalue weighted by molar-refractivity contribution is 5.86. The summed E-state index contributed by atoms with van der Waals surface area (Å²) in [5.74, 6) is 0. The molecule has 0 aromatic heterocycles. The molecule has 5 rings (SSSR count). The van der Waals surface area contributed by atoms with Crippen LogP contribution >= 0.6 is 0 Å². The van der Waals surface area contributed by atoms with E-state index in [1.165, 1.54) is 67.7 Å². The zero-order valence-electron chi connectivity index (χ0n) is 19.4. The van der Waals surface area contributed by atoms with Gasteiger partial charge in [0.2, 0.25) is 0 Å². The van der Waals surface area contributed by atoms with Gasteiger partial charge in [-0.3, -0.25) is 0 Å². The molecule has 0 saturated carbocycles. The summed E-state index contributed by atoms with van der Waals surface area (Å²) in [5.41, 5.74) is 5.15. The molecule has 2 heteroatoms. The van der Waals surface area contributed by atoms with E-state index >= 15 is 0 Å². The molecule has 3 aromatic rings. The minimum Gasteiger partial charge on any atom is -0.385 e. The third kappa shape index (κ3) is 4.77. The number of piperidine rings is 1. The van der Waals surface area contributed by atoms with Crippen molar-refractivity contribution in [2.45, 2.75) is 69.8 Å². The van der Waals surface area contributed by atoms with Crippen LogP contribution in [0.2, 0.25) is 0 Å². The topological polar surface area (TPSA) is 23.5 Å². The predicted octanol–water partition coefficient (Wildman–Crippen LogP) is 6.42. The van der Waals surface area contributed by atoms with Crippen LogP contribution in [0.5, 0.6) is 0 Å². The highest BCUT2D eigenvalue weighted by atomic mass is 16.3. The summed E-state index contributed by atoms with van der Waals surface area (Å²) >= 11 is 0. The van der Waals surface area contributed by atoms with E-state index in [-0.39, 0.29) is 0 Å². The maximum Gasteiger partial charge on any atom is 0.0926 e. The lowest BCUT2D eigenvalue weighted by Crippen LogP contribution is -2.43. The maximum atomic E-state index is 11.5. The van der Waals surface area contributed by atoms with Gasteiger partial charge in [0.1, 0.15) is 0 Å². The normalized spacial score (nSPS) is 18.9. The Hall–Kier alpha value is -2.16. The van der Waals surface area contributed by atoms with Gasteiger partial charge < -0.3 is 10.0 Å². The summed E-state index contributed by atoms with van der Waals surface area (Å²) in [6.45, 7) is 3.12. The van der Waals surface area contributed by atoms with Gasteiger partial charge in [-0.1, -0.05) is 67.1 Å². The molecule has 0 amide bonds. The number of aliphatic hydroxyl groups is 1. The van der Waals surface area contributed by atoms with Crippen molar-refractivity contribution in [3.8, 4) is 0 Å². The first-order valence-corrected chi connectivity index (χ1v) is 12.7. The first kappa shape index (κ1) is 21.7. The van der Waals surface area contributed by atoms with Crippen LogP contribution in [0, 0.1) is 0 Å². The molecule has 1 N–H and O–H groups in total. The molecular weight excluding hydrogens is 390 g/mol. The lowest BCUT2D eigenvalue weighted by molar-refractivity contribution is -0.0248. The van der Waals surface area contributed by atoms with E-state index in [2.05, 4.69) is 65.6 Å². The van der Waals surface area contributed by atoms with Crippen LogP contribution in [0.15, 0.2) is 60.7 Å². The second-order valence-corrected chi connectivity index (χ2v) is 10.0. The van der Waals surface area contributed by atoms with Crippen molar-refractivity contribution in [2.75, 3.05) is 19.6 Å². The van der Waals surface area contributed by atoms with Crippen LogP contribution in [0.1, 0.15) is 67.2 Å². The molecule has 0 unspecified atom stereocenters. The highest BCUT2D eigenvalue weighted by Gasteiger charge is 2.34. The fraction of sp³-hybridized carbons (Fsp3) is 0.467. The van der Waals surface area contributed by atoms with E-state index in [0.717, 1.165) is 38.0 Å². The van der Waals surface area contributed by atoms with Crippen LogP contribution in [0.3, 0.4) is 0 Å². The molecular formula is C30H37NO. The second kappa shape index (κ2) is 9.77. The van der Waals surface area contributed by atoms with Crippen molar-refractivity contribution in [1.82, 2.24) is 4.90 Å². The molecule has 0 spiro atoms. The van der Waals surface area contributed by atoms with E-state index in [9.17, 15) is 5.11 Å². The summed E-state index contributed by atoms with van der Waals surface area (Å²) in [5, 5.41) is 13.9. The number of hydrogen-bond acceptors (Lipinski definition) is 2. The standard InChI is InChI=1S/C30H37NO/c32-30(29-15-8-13-26-11-4-5-14-28(26)29)18-21-31(22-19-30)20-7-6-9-24-16-17-25-10-2-1-3-12-27(25)23-24/h4-5,8,11,13-17,23,32H,1-3,6-7,9-10,12,18-22H2. The Balaban J connectivity index is 1.11. The van der Waals surface area contributed by atoms with Crippen LogP contribution in [0.25, 0.3) is 10.8 Å². The molecule has 1 aliphatic carbocycles. The first-order valence-electron chi connectivity index (χ1n) is 12.7. The third-order valence-electron chi connectivity index (χ3n) is 7.83. The van der Waals surface area contributed by atoms with Crippen molar-refractivity contribution in [2.24, 2.45) is 0 Å². The Labute approximate surface area is 193 Å². The van der Waals surface area contributed by atoms with Crippen LogP contribution in [0.4, 0.5) is 0 Å². The summed E-state index contributed by atoms with van der Waals surface area (Å²) in [7, 11) is 0. The molecule has 0 bridgehead atoms. The molecule has 32 heavy (non-hydrogen) atoms. The number of benzene rings is 3. The van der Waals surface area contributed by atoms with Crippen molar-refractivity contribution >= 4 is 10.8 Å². The fourth-order valence-electron chi connectivity index (χ4n) is 5.83. The van der Waals surface area contributed by atoms with Crippen molar-refractivity contribution < 1.29 is 5.11 Å². The largest absolute Gasteiger partial charge is 0.385 e. The van der Waals surface area contributed by atoms with E-state index in [1.54, 1.807) is 11.1 Å². The van der Waals surface area contributed by atoms with E-state index < -0.39 is 5.60 Å². The van der Waals surface area contributed by atoms with E-state index in [0.29, 0.717) is 0 Å². The molecule has 0 atom stereocenters. The number of hydrogen-bond donors (Lipinski definition) is 1. The van der Waals surface area contributed by atoms with Gasteiger partial charge in [0.25, 0.3) is 0 Å². The van der Waals surface area contributed by atoms with Crippen LogP contribution in [-0.2, 0) is 24.9 Å². The van der Waals surface area contributed by atoms with Crippen LogP contribution in [-0.4, -0.2) is 29.6 Å². The van der Waals surface area contributed by atoms with Gasteiger partial charge >= 0.3 is 0 Å². The van der Waals surface area contributed by atoms with E-state index in [1.807, 2.05) is 0 Å². The second-order valence-electron chi connectivity index (χ2n) is 10.0. The number of fused-ring (bicyclic) bond motifs is 2. The summed E-state index contributed by atoms with van der Waals surface area (Å²) in [6.07, 6.45) is 12.0. The molecule has 3 aromatic carbocycles. The van der Waals surface area contributed by atoms with Gasteiger partial charge in [-0.25, -0.2) is 0 Å². The lowest BCUT2D eigenvalue weighted by Gasteiger charge is -2.39. The smallest absolute Gasteiger partial charge is 0.0926 e. The Morgan fingerprint density at radius 2 is 1.56 bits per heavy atom. The lowest BCUT2D eigenvalue weighted by atomic mass is 9.82. The quantitative estimate of drug-likeness (QED) is 0.363. The molecule has 168 valence electrons. The zero-order valence-corrected chi connectivity index (χ0v) is 19.4. The number of unbranched alkanes of at least 4 members (excludes halogenated alkanes) is 1. The van der Waals surface area contributed by atoms with Crippen molar-refractivity contribution in [3.63, 3.8) is 0 Å². The van der Waals surface area contributed by atoms with Crippen molar-refractivity contribution in [1.29, 1.82) is 0 Å². The average Bonchev–Trinajstić information content (AvgIpc) is 3.08. The van der Waals surface area contributed by atoms with Gasteiger partial charge in [0.05, 0.1) is 5.60 Å². The van der Waals surface area contributed by atoms with Gasteiger partial charge in [-0.2, -0.15) is 0 Å². The summed E-state index contributed by atoms with van der Waals surface area (Å²) in [6, 6.07) is 22.1. The monoisotopic (exact) mass is 427 g/mol. The minimum absolute atomic E-state index is 0.695.